The maximum absolute atomic E-state index is 6.00. The van der Waals surface area contributed by atoms with Gasteiger partial charge in [0.1, 0.15) is 0 Å². The molecule has 2 saturated heterocycles. The highest BCUT2D eigenvalue weighted by atomic mass is 19.0. The Labute approximate surface area is 111 Å². The van der Waals surface area contributed by atoms with Crippen molar-refractivity contribution in [2.75, 3.05) is 32.7 Å². The summed E-state index contributed by atoms with van der Waals surface area (Å²) in [6.07, 6.45) is 7.13. The minimum atomic E-state index is 0. The zero-order chi connectivity index (χ0) is 12.9. The molecule has 18 heavy (non-hydrogen) atoms. The topological polar surface area (TPSA) is 55.7 Å². The molecule has 2 aliphatic heterocycles. The number of hydrogen-bond donors (Lipinski definition) is 3. The average Bonchev–Trinajstić information content (AvgIpc) is 2.45. The largest absolute Gasteiger partial charge is 0.317 e. The first-order chi connectivity index (χ1) is 8.45. The standard InChI is InChI=1S/C11H22N2.C2H6.FH.H2O2/c1-2-8-13(9-3-1)10-11-4-6-12-7-5-11;1-2;;1-2/h11-12H,1-10H2;1-2H3;1H;1-2H. The second-order valence-electron chi connectivity index (χ2n) is 4.55. The molecule has 0 aromatic rings. The van der Waals surface area contributed by atoms with Gasteiger partial charge in [-0.15, -0.1) is 0 Å². The van der Waals surface area contributed by atoms with Crippen LogP contribution in [-0.2, 0) is 0 Å². The number of likely N-dealkylation sites (tertiary alicyclic amines) is 1. The monoisotopic (exact) mass is 266 g/mol. The molecule has 5 heteroatoms. The van der Waals surface area contributed by atoms with E-state index < -0.39 is 0 Å². The summed E-state index contributed by atoms with van der Waals surface area (Å²) in [6.45, 7) is 10.6. The third kappa shape index (κ3) is 8.80. The van der Waals surface area contributed by atoms with E-state index in [-0.39, 0.29) is 4.70 Å². The van der Waals surface area contributed by atoms with E-state index >= 15 is 0 Å². The van der Waals surface area contributed by atoms with Gasteiger partial charge in [0.25, 0.3) is 0 Å². The second-order valence-corrected chi connectivity index (χ2v) is 4.55. The highest BCUT2D eigenvalue weighted by Gasteiger charge is 2.17. The molecule has 2 fully saturated rings. The Morgan fingerprint density at radius 1 is 1.00 bits per heavy atom. The predicted molar refractivity (Wildman–Crippen MR) is 75.0 cm³/mol. The van der Waals surface area contributed by atoms with Crippen LogP contribution >= 0.6 is 0 Å². The van der Waals surface area contributed by atoms with Crippen molar-refractivity contribution in [3.05, 3.63) is 0 Å². The molecule has 112 valence electrons. The van der Waals surface area contributed by atoms with Crippen molar-refractivity contribution in [1.29, 1.82) is 0 Å². The SMILES string of the molecule is C1CCN(CC2CCNCC2)CC1.CC.F.OO. The molecule has 0 unspecified atom stereocenters. The lowest BCUT2D eigenvalue weighted by Crippen LogP contribution is -2.38. The van der Waals surface area contributed by atoms with Crippen molar-refractivity contribution in [1.82, 2.24) is 10.2 Å². The molecule has 0 bridgehead atoms. The van der Waals surface area contributed by atoms with Gasteiger partial charge in [0.05, 0.1) is 0 Å². The fraction of sp³-hybridized carbons (Fsp3) is 1.00. The van der Waals surface area contributed by atoms with Crippen LogP contribution in [0.5, 0.6) is 0 Å². The van der Waals surface area contributed by atoms with Gasteiger partial charge < -0.3 is 10.2 Å². The fourth-order valence-corrected chi connectivity index (χ4v) is 2.57. The number of piperidine rings is 2. The zero-order valence-electron chi connectivity index (χ0n) is 11.9. The molecule has 4 nitrogen and oxygen atoms in total. The van der Waals surface area contributed by atoms with Gasteiger partial charge in [0.2, 0.25) is 0 Å². The molecule has 0 aromatic carbocycles. The molecule has 0 aromatic heterocycles. The van der Waals surface area contributed by atoms with Crippen LogP contribution in [0.4, 0.5) is 4.70 Å². The Balaban J connectivity index is 0. The Hall–Kier alpha value is -0.230. The van der Waals surface area contributed by atoms with E-state index in [0.29, 0.717) is 0 Å². The summed E-state index contributed by atoms with van der Waals surface area (Å²) in [6, 6.07) is 0. The highest BCUT2D eigenvalue weighted by Crippen LogP contribution is 2.16. The van der Waals surface area contributed by atoms with Crippen molar-refractivity contribution < 1.29 is 15.2 Å². The number of nitrogens with zero attached hydrogens (tertiary/aromatic N) is 1. The normalized spacial score (nSPS) is 20.7. The van der Waals surface area contributed by atoms with E-state index in [1.165, 1.54) is 64.8 Å². The van der Waals surface area contributed by atoms with E-state index in [2.05, 4.69) is 10.2 Å². The van der Waals surface area contributed by atoms with Crippen LogP contribution in [0.2, 0.25) is 0 Å². The van der Waals surface area contributed by atoms with Crippen molar-refractivity contribution >= 4 is 0 Å². The Bertz CT molecular complexity index is 134. The molecule has 3 N–H and O–H groups in total. The summed E-state index contributed by atoms with van der Waals surface area (Å²) in [4.78, 5) is 2.68. The third-order valence-corrected chi connectivity index (χ3v) is 3.42. The van der Waals surface area contributed by atoms with Crippen molar-refractivity contribution in [3.63, 3.8) is 0 Å². The summed E-state index contributed by atoms with van der Waals surface area (Å²) in [5.74, 6) is 0.986. The van der Waals surface area contributed by atoms with Gasteiger partial charge >= 0.3 is 0 Å². The molecule has 0 saturated carbocycles. The first kappa shape index (κ1) is 20.1. The maximum Gasteiger partial charge on any atom is 0.00106 e. The molecule has 2 aliphatic rings. The molecule has 0 radical (unpaired) electrons. The van der Waals surface area contributed by atoms with Gasteiger partial charge in [0, 0.05) is 6.54 Å². The van der Waals surface area contributed by atoms with E-state index in [0.717, 1.165) is 5.92 Å². The van der Waals surface area contributed by atoms with Crippen LogP contribution < -0.4 is 5.32 Å². The zero-order valence-corrected chi connectivity index (χ0v) is 11.9. The van der Waals surface area contributed by atoms with Crippen LogP contribution in [0.25, 0.3) is 0 Å². The predicted octanol–water partition coefficient (Wildman–Crippen LogP) is 2.67. The summed E-state index contributed by atoms with van der Waals surface area (Å²) in [5.41, 5.74) is 0. The van der Waals surface area contributed by atoms with Gasteiger partial charge in [-0.3, -0.25) is 15.2 Å². The Morgan fingerprint density at radius 2 is 1.50 bits per heavy atom. The maximum atomic E-state index is 6.00. The van der Waals surface area contributed by atoms with Gasteiger partial charge in [-0.25, -0.2) is 0 Å². The van der Waals surface area contributed by atoms with Crippen molar-refractivity contribution in [2.24, 2.45) is 5.92 Å². The first-order valence-corrected chi connectivity index (χ1v) is 7.08. The molecule has 2 rings (SSSR count). The number of hydrogen-bond acceptors (Lipinski definition) is 4. The van der Waals surface area contributed by atoms with Crippen molar-refractivity contribution in [2.45, 2.75) is 46.0 Å². The van der Waals surface area contributed by atoms with E-state index in [9.17, 15) is 0 Å². The first-order valence-electron chi connectivity index (χ1n) is 7.08. The van der Waals surface area contributed by atoms with Crippen molar-refractivity contribution in [3.8, 4) is 0 Å². The van der Waals surface area contributed by atoms with Gasteiger partial charge in [-0.05, 0) is 57.8 Å². The van der Waals surface area contributed by atoms with Gasteiger partial charge in [-0.1, -0.05) is 20.3 Å². The van der Waals surface area contributed by atoms with Crippen LogP contribution in [-0.4, -0.2) is 48.1 Å². The Morgan fingerprint density at radius 3 is 2.00 bits per heavy atom. The quantitative estimate of drug-likeness (QED) is 0.531. The molecule has 0 aliphatic carbocycles. The number of halogens is 1. The van der Waals surface area contributed by atoms with Crippen LogP contribution in [0, 0.1) is 5.92 Å². The van der Waals surface area contributed by atoms with Crippen LogP contribution in [0.1, 0.15) is 46.0 Å². The molecule has 0 amide bonds. The van der Waals surface area contributed by atoms with Crippen LogP contribution in [0.15, 0.2) is 0 Å². The third-order valence-electron chi connectivity index (χ3n) is 3.42. The van der Waals surface area contributed by atoms with Gasteiger partial charge in [-0.2, -0.15) is 0 Å². The minimum Gasteiger partial charge on any atom is -0.317 e. The summed E-state index contributed by atoms with van der Waals surface area (Å²) < 4.78 is 0. The number of rotatable bonds is 2. The van der Waals surface area contributed by atoms with Crippen LogP contribution in [0.3, 0.4) is 0 Å². The molecule has 0 spiro atoms. The highest BCUT2D eigenvalue weighted by molar-refractivity contribution is 4.74. The summed E-state index contributed by atoms with van der Waals surface area (Å²) >= 11 is 0. The lowest BCUT2D eigenvalue weighted by atomic mass is 9.96. The molecular weight excluding hydrogens is 235 g/mol. The summed E-state index contributed by atoms with van der Waals surface area (Å²) in [7, 11) is 0. The minimum absolute atomic E-state index is 0. The number of nitrogens with one attached hydrogen (secondary N) is 1. The fourth-order valence-electron chi connectivity index (χ4n) is 2.57. The lowest BCUT2D eigenvalue weighted by Gasteiger charge is -2.32. The van der Waals surface area contributed by atoms with E-state index in [1.807, 2.05) is 13.8 Å². The smallest absolute Gasteiger partial charge is 0.00106 e. The summed E-state index contributed by atoms with van der Waals surface area (Å²) in [5, 5.41) is 15.4. The molecule has 0 atom stereocenters. The van der Waals surface area contributed by atoms with E-state index in [1.54, 1.807) is 0 Å². The average molecular weight is 266 g/mol. The Kier molecular flexibility index (Phi) is 16.6. The lowest BCUT2D eigenvalue weighted by molar-refractivity contribution is -0.176. The van der Waals surface area contributed by atoms with E-state index in [4.69, 9.17) is 10.5 Å². The molecule has 2 heterocycles. The van der Waals surface area contributed by atoms with Gasteiger partial charge in [0.15, 0.2) is 0 Å². The second kappa shape index (κ2) is 14.8. The molecular formula is C13H31FN2O2.